The van der Waals surface area contributed by atoms with Crippen molar-refractivity contribution in [3.63, 3.8) is 0 Å². The molecule has 0 aliphatic carbocycles. The molecule has 0 aliphatic heterocycles. The Balaban J connectivity index is 3.44. The van der Waals surface area contributed by atoms with E-state index >= 15 is 0 Å². The summed E-state index contributed by atoms with van der Waals surface area (Å²) >= 11 is 0. The normalized spacial score (nSPS) is 11.7. The molecule has 0 atom stereocenters. The number of nitrogens with zero attached hydrogens (tertiary/aromatic N) is 4. The average Bonchev–Trinajstić information content (AvgIpc) is 2.22. The predicted molar refractivity (Wildman–Crippen MR) is 63.4 cm³/mol. The van der Waals surface area contributed by atoms with Gasteiger partial charge < -0.3 is 4.90 Å². The highest BCUT2D eigenvalue weighted by Gasteiger charge is 2.05. The van der Waals surface area contributed by atoms with Gasteiger partial charge in [0.2, 0.25) is 0 Å². The summed E-state index contributed by atoms with van der Waals surface area (Å²) < 4.78 is 2.39. The molecule has 6 nitrogen and oxygen atoms in total. The van der Waals surface area contributed by atoms with Gasteiger partial charge in [-0.25, -0.2) is 9.79 Å². The van der Waals surface area contributed by atoms with Crippen molar-refractivity contribution in [1.29, 1.82) is 0 Å². The third kappa shape index (κ3) is 2.21. The van der Waals surface area contributed by atoms with Crippen molar-refractivity contribution in [3.8, 4) is 0 Å². The lowest BCUT2D eigenvalue weighted by atomic mass is 10.5. The summed E-state index contributed by atoms with van der Waals surface area (Å²) in [5.74, 6) is 1.09. The van der Waals surface area contributed by atoms with E-state index in [1.165, 1.54) is 17.7 Å². The van der Waals surface area contributed by atoms with E-state index in [1.807, 2.05) is 25.9 Å². The summed E-state index contributed by atoms with van der Waals surface area (Å²) in [6, 6.07) is 1.34. The van der Waals surface area contributed by atoms with Gasteiger partial charge in [-0.3, -0.25) is 13.9 Å². The van der Waals surface area contributed by atoms with E-state index in [1.54, 1.807) is 7.05 Å². The first-order chi connectivity index (χ1) is 7.34. The van der Waals surface area contributed by atoms with Gasteiger partial charge >= 0.3 is 5.69 Å². The third-order valence-corrected chi connectivity index (χ3v) is 2.42. The first-order valence-electron chi connectivity index (χ1n) is 4.84. The lowest BCUT2D eigenvalue weighted by Crippen LogP contribution is -2.36. The fraction of sp³-hybridized carbons (Fsp3) is 0.500. The zero-order valence-electron chi connectivity index (χ0n) is 10.2. The first-order valence-corrected chi connectivity index (χ1v) is 4.84. The van der Waals surface area contributed by atoms with Gasteiger partial charge in [-0.05, 0) is 6.92 Å². The maximum Gasteiger partial charge on any atom is 0.332 e. The molecule has 0 aliphatic rings. The molecule has 1 aromatic rings. The van der Waals surface area contributed by atoms with E-state index in [0.717, 1.165) is 10.4 Å². The van der Waals surface area contributed by atoms with Crippen molar-refractivity contribution in [3.05, 3.63) is 26.9 Å². The maximum atomic E-state index is 11.6. The van der Waals surface area contributed by atoms with Crippen LogP contribution in [0.3, 0.4) is 0 Å². The standard InChI is InChI=1S/C10H16N4O2/c1-7(12(2)3)11-8-6-9(15)14(5)10(16)13(8)4/h6H,1-5H3/b11-7+. The molecule has 0 saturated carbocycles. The number of aromatic nitrogens is 2. The highest BCUT2D eigenvalue weighted by atomic mass is 16.2. The highest BCUT2D eigenvalue weighted by molar-refractivity contribution is 5.81. The second-order valence-corrected chi connectivity index (χ2v) is 3.79. The van der Waals surface area contributed by atoms with Crippen LogP contribution in [0.5, 0.6) is 0 Å². The fourth-order valence-corrected chi connectivity index (χ4v) is 1.09. The van der Waals surface area contributed by atoms with Crippen molar-refractivity contribution in [2.75, 3.05) is 14.1 Å². The van der Waals surface area contributed by atoms with Gasteiger partial charge in [-0.15, -0.1) is 0 Å². The van der Waals surface area contributed by atoms with Crippen LogP contribution < -0.4 is 11.2 Å². The second-order valence-electron chi connectivity index (χ2n) is 3.79. The molecule has 0 aromatic carbocycles. The lowest BCUT2D eigenvalue weighted by molar-refractivity contribution is 0.615. The molecular weight excluding hydrogens is 208 g/mol. The minimum atomic E-state index is -0.377. The molecule has 0 spiro atoms. The molecule has 0 saturated heterocycles. The van der Waals surface area contributed by atoms with Gasteiger partial charge in [-0.1, -0.05) is 0 Å². The Morgan fingerprint density at radius 1 is 1.25 bits per heavy atom. The monoisotopic (exact) mass is 224 g/mol. The van der Waals surface area contributed by atoms with Crippen molar-refractivity contribution in [2.45, 2.75) is 6.92 Å². The molecule has 88 valence electrons. The number of rotatable bonds is 1. The molecule has 0 N–H and O–H groups in total. The number of hydrogen-bond acceptors (Lipinski definition) is 3. The zero-order valence-corrected chi connectivity index (χ0v) is 10.2. The van der Waals surface area contributed by atoms with Crippen LogP contribution in [0.2, 0.25) is 0 Å². The Labute approximate surface area is 93.5 Å². The molecule has 6 heteroatoms. The van der Waals surface area contributed by atoms with Crippen LogP contribution in [0.25, 0.3) is 0 Å². The van der Waals surface area contributed by atoms with Gasteiger partial charge in [-0.2, -0.15) is 0 Å². The Bertz CT molecular complexity index is 537. The van der Waals surface area contributed by atoms with Gasteiger partial charge in [0.05, 0.1) is 0 Å². The van der Waals surface area contributed by atoms with E-state index in [9.17, 15) is 9.59 Å². The quantitative estimate of drug-likeness (QED) is 0.486. The molecule has 0 unspecified atom stereocenters. The second kappa shape index (κ2) is 4.34. The van der Waals surface area contributed by atoms with Crippen molar-refractivity contribution in [1.82, 2.24) is 14.0 Å². The first kappa shape index (κ1) is 12.2. The molecule has 1 heterocycles. The molecule has 16 heavy (non-hydrogen) atoms. The fourth-order valence-electron chi connectivity index (χ4n) is 1.09. The van der Waals surface area contributed by atoms with Crippen LogP contribution in [0.15, 0.2) is 20.6 Å². The van der Waals surface area contributed by atoms with Crippen LogP contribution in [0, 0.1) is 0 Å². The maximum absolute atomic E-state index is 11.6. The summed E-state index contributed by atoms with van der Waals surface area (Å²) in [5, 5.41) is 0. The average molecular weight is 224 g/mol. The smallest absolute Gasteiger partial charge is 0.332 e. The molecule has 0 fully saturated rings. The number of amidine groups is 1. The highest BCUT2D eigenvalue weighted by Crippen LogP contribution is 2.05. The third-order valence-electron chi connectivity index (χ3n) is 2.42. The van der Waals surface area contributed by atoms with Crippen LogP contribution in [-0.4, -0.2) is 34.0 Å². The van der Waals surface area contributed by atoms with Crippen LogP contribution in [-0.2, 0) is 14.1 Å². The van der Waals surface area contributed by atoms with Crippen LogP contribution in [0.4, 0.5) is 5.82 Å². The van der Waals surface area contributed by atoms with E-state index < -0.39 is 0 Å². The van der Waals surface area contributed by atoms with Gasteiger partial charge in [0.25, 0.3) is 5.56 Å². The zero-order chi connectivity index (χ0) is 12.5. The summed E-state index contributed by atoms with van der Waals surface area (Å²) in [6.45, 7) is 1.81. The summed E-state index contributed by atoms with van der Waals surface area (Å²) in [5.41, 5.74) is -0.730. The SMILES string of the molecule is C/C(=N\c1cc(=O)n(C)c(=O)n1C)N(C)C. The van der Waals surface area contributed by atoms with Gasteiger partial charge in [0, 0.05) is 34.3 Å². The molecule has 1 aromatic heterocycles. The lowest BCUT2D eigenvalue weighted by Gasteiger charge is -2.12. The minimum Gasteiger partial charge on any atom is -0.366 e. The minimum absolute atomic E-state index is 0.353. The number of hydrogen-bond donors (Lipinski definition) is 0. The molecule has 0 radical (unpaired) electrons. The number of aliphatic imine (C=N–C) groups is 1. The van der Waals surface area contributed by atoms with E-state index in [-0.39, 0.29) is 11.2 Å². The summed E-state index contributed by atoms with van der Waals surface area (Å²) in [6.07, 6.45) is 0. The Kier molecular flexibility index (Phi) is 3.31. The summed E-state index contributed by atoms with van der Waals surface area (Å²) in [7, 11) is 6.72. The van der Waals surface area contributed by atoms with E-state index in [0.29, 0.717) is 5.82 Å². The molecule has 1 rings (SSSR count). The van der Waals surface area contributed by atoms with Crippen molar-refractivity contribution in [2.24, 2.45) is 19.1 Å². The topological polar surface area (TPSA) is 59.6 Å². The van der Waals surface area contributed by atoms with Gasteiger partial charge in [0.15, 0.2) is 0 Å². The van der Waals surface area contributed by atoms with Crippen LogP contribution in [0.1, 0.15) is 6.92 Å². The Hall–Kier alpha value is -1.85. The predicted octanol–water partition coefficient (Wildman–Crippen LogP) is -0.304. The van der Waals surface area contributed by atoms with E-state index in [2.05, 4.69) is 4.99 Å². The largest absolute Gasteiger partial charge is 0.366 e. The van der Waals surface area contributed by atoms with Crippen molar-refractivity contribution >= 4 is 11.7 Å². The van der Waals surface area contributed by atoms with Crippen molar-refractivity contribution < 1.29 is 0 Å². The van der Waals surface area contributed by atoms with E-state index in [4.69, 9.17) is 0 Å². The van der Waals surface area contributed by atoms with Crippen LogP contribution >= 0.6 is 0 Å². The molecule has 0 bridgehead atoms. The van der Waals surface area contributed by atoms with Gasteiger partial charge in [0.1, 0.15) is 11.7 Å². The Morgan fingerprint density at radius 2 is 1.81 bits per heavy atom. The Morgan fingerprint density at radius 3 is 2.31 bits per heavy atom. The summed E-state index contributed by atoms with van der Waals surface area (Å²) in [4.78, 5) is 29.1. The molecule has 0 amide bonds. The molecular formula is C10H16N4O2.